The van der Waals surface area contributed by atoms with Gasteiger partial charge in [-0.05, 0) is 50.2 Å². The molecule has 3 rings (SSSR count). The number of hydrogen-bond acceptors (Lipinski definition) is 3. The minimum absolute atomic E-state index is 0.159. The van der Waals surface area contributed by atoms with Crippen LogP contribution in [0.3, 0.4) is 0 Å². The van der Waals surface area contributed by atoms with Gasteiger partial charge in [0.15, 0.2) is 0 Å². The predicted octanol–water partition coefficient (Wildman–Crippen LogP) is 3.18. The SMILES string of the molecule is Cc1ccc(SCCNC2C3CCC(C3)C2C(=O)O)cc1. The van der Waals surface area contributed by atoms with Gasteiger partial charge in [0.1, 0.15) is 0 Å². The summed E-state index contributed by atoms with van der Waals surface area (Å²) in [6.45, 7) is 2.98. The van der Waals surface area contributed by atoms with Crippen molar-refractivity contribution in [2.24, 2.45) is 17.8 Å². The molecule has 0 heterocycles. The third kappa shape index (κ3) is 3.27. The highest BCUT2D eigenvalue weighted by Crippen LogP contribution is 2.48. The second kappa shape index (κ2) is 6.41. The summed E-state index contributed by atoms with van der Waals surface area (Å²) in [4.78, 5) is 12.7. The fourth-order valence-corrected chi connectivity index (χ4v) is 4.75. The van der Waals surface area contributed by atoms with E-state index >= 15 is 0 Å². The fourth-order valence-electron chi connectivity index (χ4n) is 3.97. The molecular weight excluding hydrogens is 282 g/mol. The number of carboxylic acids is 1. The van der Waals surface area contributed by atoms with E-state index in [1.54, 1.807) is 0 Å². The van der Waals surface area contributed by atoms with Crippen molar-refractivity contribution in [2.45, 2.75) is 37.1 Å². The maximum absolute atomic E-state index is 11.4. The zero-order chi connectivity index (χ0) is 14.8. The molecule has 21 heavy (non-hydrogen) atoms. The number of rotatable bonds is 6. The van der Waals surface area contributed by atoms with Gasteiger partial charge in [-0.1, -0.05) is 17.7 Å². The number of carbonyl (C=O) groups is 1. The van der Waals surface area contributed by atoms with Crippen LogP contribution < -0.4 is 5.32 Å². The maximum atomic E-state index is 11.4. The zero-order valence-electron chi connectivity index (χ0n) is 12.4. The number of hydrogen-bond donors (Lipinski definition) is 2. The third-order valence-electron chi connectivity index (χ3n) is 4.97. The topological polar surface area (TPSA) is 49.3 Å². The normalized spacial score (nSPS) is 30.7. The zero-order valence-corrected chi connectivity index (χ0v) is 13.2. The number of fused-ring (bicyclic) bond motifs is 2. The minimum Gasteiger partial charge on any atom is -0.481 e. The van der Waals surface area contributed by atoms with E-state index in [2.05, 4.69) is 36.5 Å². The summed E-state index contributed by atoms with van der Waals surface area (Å²) in [6, 6.07) is 8.76. The Morgan fingerprint density at radius 1 is 1.29 bits per heavy atom. The first kappa shape index (κ1) is 14.9. The van der Waals surface area contributed by atoms with Crippen LogP contribution in [0.15, 0.2) is 29.2 Å². The molecule has 2 N–H and O–H groups in total. The van der Waals surface area contributed by atoms with E-state index in [0.29, 0.717) is 11.8 Å². The molecule has 4 heteroatoms. The summed E-state index contributed by atoms with van der Waals surface area (Å²) in [6.07, 6.45) is 3.43. The van der Waals surface area contributed by atoms with Crippen molar-refractivity contribution in [1.82, 2.24) is 5.32 Å². The van der Waals surface area contributed by atoms with Crippen LogP contribution in [0.5, 0.6) is 0 Å². The molecule has 4 atom stereocenters. The lowest BCUT2D eigenvalue weighted by Crippen LogP contribution is -2.44. The van der Waals surface area contributed by atoms with Gasteiger partial charge < -0.3 is 10.4 Å². The van der Waals surface area contributed by atoms with E-state index in [-0.39, 0.29) is 12.0 Å². The summed E-state index contributed by atoms with van der Waals surface area (Å²) < 4.78 is 0. The third-order valence-corrected chi connectivity index (χ3v) is 5.99. The summed E-state index contributed by atoms with van der Waals surface area (Å²) in [5, 5.41) is 12.9. The van der Waals surface area contributed by atoms with Gasteiger partial charge in [0.05, 0.1) is 5.92 Å². The quantitative estimate of drug-likeness (QED) is 0.626. The van der Waals surface area contributed by atoms with Crippen LogP contribution in [0, 0.1) is 24.7 Å². The first-order valence-electron chi connectivity index (χ1n) is 7.81. The molecular formula is C17H23NO2S. The van der Waals surface area contributed by atoms with Gasteiger partial charge in [-0.25, -0.2) is 0 Å². The van der Waals surface area contributed by atoms with Crippen LogP contribution in [-0.2, 0) is 4.79 Å². The van der Waals surface area contributed by atoms with Gasteiger partial charge >= 0.3 is 5.97 Å². The molecule has 0 spiro atoms. The van der Waals surface area contributed by atoms with Crippen molar-refractivity contribution >= 4 is 17.7 Å². The van der Waals surface area contributed by atoms with E-state index in [9.17, 15) is 9.90 Å². The van der Waals surface area contributed by atoms with Gasteiger partial charge in [-0.15, -0.1) is 11.8 Å². The molecule has 0 amide bonds. The van der Waals surface area contributed by atoms with Crippen LogP contribution in [-0.4, -0.2) is 29.4 Å². The Balaban J connectivity index is 1.46. The Morgan fingerprint density at radius 2 is 2.00 bits per heavy atom. The number of aliphatic carboxylic acids is 1. The average Bonchev–Trinajstić information content (AvgIpc) is 3.06. The summed E-state index contributed by atoms with van der Waals surface area (Å²) in [5.74, 6) is 1.22. The summed E-state index contributed by atoms with van der Waals surface area (Å²) >= 11 is 1.83. The molecule has 1 aromatic carbocycles. The van der Waals surface area contributed by atoms with Gasteiger partial charge in [-0.2, -0.15) is 0 Å². The predicted molar refractivity (Wildman–Crippen MR) is 85.7 cm³/mol. The molecule has 2 bridgehead atoms. The second-order valence-electron chi connectivity index (χ2n) is 6.34. The van der Waals surface area contributed by atoms with Crippen LogP contribution in [0.4, 0.5) is 0 Å². The first-order chi connectivity index (χ1) is 10.1. The molecule has 114 valence electrons. The van der Waals surface area contributed by atoms with Crippen molar-refractivity contribution in [2.75, 3.05) is 12.3 Å². The van der Waals surface area contributed by atoms with Gasteiger partial charge in [-0.3, -0.25) is 4.79 Å². The van der Waals surface area contributed by atoms with Gasteiger partial charge in [0.2, 0.25) is 0 Å². The highest BCUT2D eigenvalue weighted by atomic mass is 32.2. The van der Waals surface area contributed by atoms with E-state index in [1.807, 2.05) is 11.8 Å². The number of benzene rings is 1. The molecule has 2 aliphatic carbocycles. The molecule has 0 aliphatic heterocycles. The highest BCUT2D eigenvalue weighted by molar-refractivity contribution is 7.99. The van der Waals surface area contributed by atoms with Crippen LogP contribution in [0.2, 0.25) is 0 Å². The van der Waals surface area contributed by atoms with E-state index in [0.717, 1.165) is 25.1 Å². The van der Waals surface area contributed by atoms with Crippen molar-refractivity contribution in [3.8, 4) is 0 Å². The molecule has 2 saturated carbocycles. The van der Waals surface area contributed by atoms with E-state index in [4.69, 9.17) is 0 Å². The van der Waals surface area contributed by atoms with Crippen molar-refractivity contribution in [1.29, 1.82) is 0 Å². The summed E-state index contributed by atoms with van der Waals surface area (Å²) in [7, 11) is 0. The van der Waals surface area contributed by atoms with Crippen LogP contribution in [0.25, 0.3) is 0 Å². The standard InChI is InChI=1S/C17H23NO2S/c1-11-2-6-14(7-3-11)21-9-8-18-16-13-5-4-12(10-13)15(16)17(19)20/h2-3,6-7,12-13,15-16,18H,4-5,8-10H2,1H3,(H,19,20). The molecule has 1 aromatic rings. The Hall–Kier alpha value is -1.00. The van der Waals surface area contributed by atoms with Crippen LogP contribution >= 0.6 is 11.8 Å². The van der Waals surface area contributed by atoms with Crippen molar-refractivity contribution in [3.63, 3.8) is 0 Å². The average molecular weight is 305 g/mol. The number of aryl methyl sites for hydroxylation is 1. The minimum atomic E-state index is -0.606. The largest absolute Gasteiger partial charge is 0.481 e. The Kier molecular flexibility index (Phi) is 4.55. The van der Waals surface area contributed by atoms with Crippen molar-refractivity contribution < 1.29 is 9.90 Å². The molecule has 3 nitrogen and oxygen atoms in total. The molecule has 2 fully saturated rings. The Morgan fingerprint density at radius 3 is 2.71 bits per heavy atom. The van der Waals surface area contributed by atoms with E-state index in [1.165, 1.54) is 16.9 Å². The lowest BCUT2D eigenvalue weighted by Gasteiger charge is -2.29. The molecule has 0 radical (unpaired) electrons. The Bertz CT molecular complexity index is 502. The smallest absolute Gasteiger partial charge is 0.308 e. The Labute approximate surface area is 130 Å². The lowest BCUT2D eigenvalue weighted by molar-refractivity contribution is -0.144. The van der Waals surface area contributed by atoms with Crippen molar-refractivity contribution in [3.05, 3.63) is 29.8 Å². The lowest BCUT2D eigenvalue weighted by atomic mass is 9.84. The molecule has 2 aliphatic rings. The number of thioether (sulfide) groups is 1. The van der Waals surface area contributed by atoms with Gasteiger partial charge in [0.25, 0.3) is 0 Å². The first-order valence-corrected chi connectivity index (χ1v) is 8.79. The monoisotopic (exact) mass is 305 g/mol. The number of carboxylic acid groups (broad SMARTS) is 1. The summed E-state index contributed by atoms with van der Waals surface area (Å²) in [5.41, 5.74) is 1.28. The highest BCUT2D eigenvalue weighted by Gasteiger charge is 2.50. The fraction of sp³-hybridized carbons (Fsp3) is 0.588. The van der Waals surface area contributed by atoms with E-state index < -0.39 is 5.97 Å². The molecule has 0 saturated heterocycles. The van der Waals surface area contributed by atoms with Gasteiger partial charge in [0, 0.05) is 23.2 Å². The van der Waals surface area contributed by atoms with Crippen LogP contribution in [0.1, 0.15) is 24.8 Å². The number of nitrogens with one attached hydrogen (secondary N) is 1. The maximum Gasteiger partial charge on any atom is 0.308 e. The molecule has 4 unspecified atom stereocenters. The second-order valence-corrected chi connectivity index (χ2v) is 7.51. The molecule has 0 aromatic heterocycles.